The van der Waals surface area contributed by atoms with Crippen molar-refractivity contribution in [1.29, 1.82) is 0 Å². The van der Waals surface area contributed by atoms with E-state index >= 15 is 0 Å². The smallest absolute Gasteiger partial charge is 0.0300 e. The summed E-state index contributed by atoms with van der Waals surface area (Å²) in [5.41, 5.74) is 0.668. The molecular formula is C38H78. The fourth-order valence-corrected chi connectivity index (χ4v) is 6.69. The lowest BCUT2D eigenvalue weighted by molar-refractivity contribution is 0.186. The summed E-state index contributed by atoms with van der Waals surface area (Å²) < 4.78 is 0. The average molecular weight is 535 g/mol. The van der Waals surface area contributed by atoms with Crippen molar-refractivity contribution < 1.29 is 0 Å². The van der Waals surface area contributed by atoms with Crippen molar-refractivity contribution in [3.8, 4) is 0 Å². The molecule has 0 bridgehead atoms. The van der Waals surface area contributed by atoms with Gasteiger partial charge in [0, 0.05) is 0 Å². The van der Waals surface area contributed by atoms with Crippen molar-refractivity contribution >= 4 is 0 Å². The van der Waals surface area contributed by atoms with Crippen LogP contribution < -0.4 is 0 Å². The summed E-state index contributed by atoms with van der Waals surface area (Å²) in [6.45, 7) is 9.50. The molecule has 0 heteroatoms. The third kappa shape index (κ3) is 26.2. The van der Waals surface area contributed by atoms with Crippen LogP contribution in [0.3, 0.4) is 0 Å². The van der Waals surface area contributed by atoms with Gasteiger partial charge in [-0.15, -0.1) is 0 Å². The van der Waals surface area contributed by atoms with Crippen LogP contribution in [0.15, 0.2) is 0 Å². The zero-order chi connectivity index (χ0) is 27.8. The molecule has 0 amide bonds. The Balaban J connectivity index is 4.22. The molecule has 0 atom stereocenters. The number of unbranched alkanes of at least 4 members (excludes halogenated alkanes) is 26. The molecule has 0 aliphatic carbocycles. The Morgan fingerprint density at radius 1 is 0.237 bits per heavy atom. The SMILES string of the molecule is CCCCCCCCCCCCC(CC)(CCCCCCCCCCC)CCCCCCCCCCCC. The Morgan fingerprint density at radius 3 is 0.605 bits per heavy atom. The van der Waals surface area contributed by atoms with Gasteiger partial charge < -0.3 is 0 Å². The summed E-state index contributed by atoms with van der Waals surface area (Å²) in [7, 11) is 0. The molecule has 0 aliphatic heterocycles. The molecule has 0 nitrogen and oxygen atoms in total. The maximum Gasteiger partial charge on any atom is -0.0300 e. The largest absolute Gasteiger partial charge is 0.0654 e. The predicted molar refractivity (Wildman–Crippen MR) is 177 cm³/mol. The molecule has 0 saturated heterocycles. The Morgan fingerprint density at radius 2 is 0.421 bits per heavy atom. The zero-order valence-corrected chi connectivity index (χ0v) is 27.8. The van der Waals surface area contributed by atoms with Crippen LogP contribution in [0.5, 0.6) is 0 Å². The highest BCUT2D eigenvalue weighted by atomic mass is 14.3. The topological polar surface area (TPSA) is 0 Å². The van der Waals surface area contributed by atoms with Crippen LogP contribution in [0.1, 0.15) is 240 Å². The van der Waals surface area contributed by atoms with Gasteiger partial charge in [-0.05, 0) is 24.7 Å². The third-order valence-electron chi connectivity index (χ3n) is 9.68. The molecule has 0 aromatic heterocycles. The van der Waals surface area contributed by atoms with E-state index in [-0.39, 0.29) is 0 Å². The Bertz CT molecular complexity index is 386. The first-order chi connectivity index (χ1) is 18.7. The fourth-order valence-electron chi connectivity index (χ4n) is 6.69. The molecular weight excluding hydrogens is 456 g/mol. The van der Waals surface area contributed by atoms with Crippen LogP contribution in [0, 0.1) is 5.41 Å². The number of hydrogen-bond donors (Lipinski definition) is 0. The second-order valence-electron chi connectivity index (χ2n) is 13.3. The molecule has 0 spiro atoms. The second-order valence-corrected chi connectivity index (χ2v) is 13.3. The number of hydrogen-bond acceptors (Lipinski definition) is 0. The minimum absolute atomic E-state index is 0.668. The maximum absolute atomic E-state index is 2.53. The summed E-state index contributed by atoms with van der Waals surface area (Å²) in [5, 5.41) is 0. The minimum Gasteiger partial charge on any atom is -0.0654 e. The minimum atomic E-state index is 0.668. The molecule has 0 fully saturated rings. The van der Waals surface area contributed by atoms with Gasteiger partial charge in [0.05, 0.1) is 0 Å². The quantitative estimate of drug-likeness (QED) is 0.0734. The van der Waals surface area contributed by atoms with E-state index in [0.717, 1.165) is 0 Å². The van der Waals surface area contributed by atoms with Gasteiger partial charge in [0.25, 0.3) is 0 Å². The molecule has 0 radical (unpaired) electrons. The lowest BCUT2D eigenvalue weighted by Gasteiger charge is -2.34. The van der Waals surface area contributed by atoms with Gasteiger partial charge in [0.2, 0.25) is 0 Å². The van der Waals surface area contributed by atoms with Gasteiger partial charge in [0.1, 0.15) is 0 Å². The van der Waals surface area contributed by atoms with E-state index in [9.17, 15) is 0 Å². The van der Waals surface area contributed by atoms with Gasteiger partial charge in [0.15, 0.2) is 0 Å². The Labute approximate surface area is 244 Å². The number of rotatable bonds is 33. The summed E-state index contributed by atoms with van der Waals surface area (Å²) in [5.74, 6) is 0. The first kappa shape index (κ1) is 38.0. The normalized spacial score (nSPS) is 12.0. The van der Waals surface area contributed by atoms with Crippen LogP contribution in [0.2, 0.25) is 0 Å². The molecule has 0 saturated carbocycles. The van der Waals surface area contributed by atoms with Gasteiger partial charge in [-0.2, -0.15) is 0 Å². The van der Waals surface area contributed by atoms with E-state index in [0.29, 0.717) is 5.41 Å². The van der Waals surface area contributed by atoms with Crippen LogP contribution in [0.25, 0.3) is 0 Å². The lowest BCUT2D eigenvalue weighted by atomic mass is 9.72. The third-order valence-corrected chi connectivity index (χ3v) is 9.68. The molecule has 230 valence electrons. The first-order valence-electron chi connectivity index (χ1n) is 18.7. The highest BCUT2D eigenvalue weighted by Crippen LogP contribution is 2.40. The monoisotopic (exact) mass is 535 g/mol. The Hall–Kier alpha value is 0. The van der Waals surface area contributed by atoms with E-state index in [1.807, 2.05) is 0 Å². The standard InChI is InChI=1S/C38H78/c1-5-9-12-15-18-21-24-27-30-33-36-38(8-4,35-32-29-26-23-20-17-14-11-7-3)37-34-31-28-25-22-19-16-13-10-6-2/h5-37H2,1-4H3. The summed E-state index contributed by atoms with van der Waals surface area (Å²) in [6, 6.07) is 0. The predicted octanol–water partition coefficient (Wildman–Crippen LogP) is 14.9. The molecule has 0 heterocycles. The first-order valence-corrected chi connectivity index (χ1v) is 18.7. The van der Waals surface area contributed by atoms with E-state index < -0.39 is 0 Å². The van der Waals surface area contributed by atoms with Gasteiger partial charge in [-0.3, -0.25) is 0 Å². The van der Waals surface area contributed by atoms with Crippen LogP contribution >= 0.6 is 0 Å². The average Bonchev–Trinajstić information content (AvgIpc) is 2.93. The van der Waals surface area contributed by atoms with E-state index in [1.165, 1.54) is 212 Å². The van der Waals surface area contributed by atoms with Crippen molar-refractivity contribution in [3.63, 3.8) is 0 Å². The van der Waals surface area contributed by atoms with Crippen LogP contribution in [-0.4, -0.2) is 0 Å². The summed E-state index contributed by atoms with van der Waals surface area (Å²) >= 11 is 0. The van der Waals surface area contributed by atoms with E-state index in [2.05, 4.69) is 27.7 Å². The lowest BCUT2D eigenvalue weighted by Crippen LogP contribution is -2.20. The molecule has 0 N–H and O–H groups in total. The highest BCUT2D eigenvalue weighted by Gasteiger charge is 2.26. The van der Waals surface area contributed by atoms with Gasteiger partial charge in [-0.1, -0.05) is 220 Å². The summed E-state index contributed by atoms with van der Waals surface area (Å²) in [4.78, 5) is 0. The van der Waals surface area contributed by atoms with Crippen LogP contribution in [-0.2, 0) is 0 Å². The summed E-state index contributed by atoms with van der Waals surface area (Å²) in [6.07, 6.45) is 48.6. The van der Waals surface area contributed by atoms with Crippen molar-refractivity contribution in [2.75, 3.05) is 0 Å². The molecule has 0 rings (SSSR count). The Kier molecular flexibility index (Phi) is 31.5. The zero-order valence-electron chi connectivity index (χ0n) is 27.8. The molecule has 0 unspecified atom stereocenters. The highest BCUT2D eigenvalue weighted by molar-refractivity contribution is 4.78. The van der Waals surface area contributed by atoms with E-state index in [4.69, 9.17) is 0 Å². The molecule has 38 heavy (non-hydrogen) atoms. The maximum atomic E-state index is 2.53. The fraction of sp³-hybridized carbons (Fsp3) is 1.00. The van der Waals surface area contributed by atoms with Crippen molar-refractivity contribution in [3.05, 3.63) is 0 Å². The molecule has 0 aliphatic rings. The van der Waals surface area contributed by atoms with Gasteiger partial charge in [-0.25, -0.2) is 0 Å². The van der Waals surface area contributed by atoms with Gasteiger partial charge >= 0.3 is 0 Å². The van der Waals surface area contributed by atoms with Crippen molar-refractivity contribution in [2.45, 2.75) is 240 Å². The second kappa shape index (κ2) is 31.5. The van der Waals surface area contributed by atoms with Crippen LogP contribution in [0.4, 0.5) is 0 Å². The van der Waals surface area contributed by atoms with Crippen molar-refractivity contribution in [2.24, 2.45) is 5.41 Å². The molecule has 0 aromatic carbocycles. The van der Waals surface area contributed by atoms with E-state index in [1.54, 1.807) is 0 Å². The molecule has 0 aromatic rings. The van der Waals surface area contributed by atoms with Crippen molar-refractivity contribution in [1.82, 2.24) is 0 Å².